The van der Waals surface area contributed by atoms with Gasteiger partial charge in [0.2, 0.25) is 0 Å². The van der Waals surface area contributed by atoms with Crippen molar-refractivity contribution in [2.24, 2.45) is 0 Å². The minimum Gasteiger partial charge on any atom is -0.351 e. The van der Waals surface area contributed by atoms with Crippen molar-refractivity contribution in [3.8, 4) is 0 Å². The summed E-state index contributed by atoms with van der Waals surface area (Å²) in [5.74, 6) is -0.448. The molecule has 1 amide bonds. The lowest BCUT2D eigenvalue weighted by molar-refractivity contribution is -0.117. The van der Waals surface area contributed by atoms with Crippen LogP contribution in [0.2, 0.25) is 0 Å². The van der Waals surface area contributed by atoms with Gasteiger partial charge in [-0.1, -0.05) is 78.4 Å². The van der Waals surface area contributed by atoms with E-state index in [9.17, 15) is 9.59 Å². The van der Waals surface area contributed by atoms with Crippen molar-refractivity contribution < 1.29 is 9.59 Å². The van der Waals surface area contributed by atoms with E-state index in [0.717, 1.165) is 16.8 Å². The van der Waals surface area contributed by atoms with Crippen LogP contribution >= 0.6 is 0 Å². The summed E-state index contributed by atoms with van der Waals surface area (Å²) in [5, 5.41) is 6.12. The molecule has 0 aliphatic carbocycles. The van der Waals surface area contributed by atoms with E-state index in [2.05, 4.69) is 10.6 Å². The first-order valence-corrected chi connectivity index (χ1v) is 9.17. The number of anilines is 1. The summed E-state index contributed by atoms with van der Waals surface area (Å²) in [6, 6.07) is 25.8. The van der Waals surface area contributed by atoms with Gasteiger partial charge < -0.3 is 10.6 Å². The molecule has 0 radical (unpaired) electrons. The molecule has 0 fully saturated rings. The molecule has 2 N–H and O–H groups in total. The summed E-state index contributed by atoms with van der Waals surface area (Å²) in [5.41, 5.74) is 4.05. The Labute approximate surface area is 163 Å². The van der Waals surface area contributed by atoms with E-state index in [1.165, 1.54) is 0 Å². The third kappa shape index (κ3) is 3.45. The first-order chi connectivity index (χ1) is 13.6. The molecule has 1 aliphatic heterocycles. The van der Waals surface area contributed by atoms with E-state index < -0.39 is 6.04 Å². The van der Waals surface area contributed by atoms with E-state index in [-0.39, 0.29) is 11.7 Å². The van der Waals surface area contributed by atoms with E-state index in [1.807, 2.05) is 79.7 Å². The van der Waals surface area contributed by atoms with Crippen LogP contribution < -0.4 is 10.6 Å². The Hall–Kier alpha value is -3.66. The zero-order chi connectivity index (χ0) is 19.5. The number of rotatable bonds is 5. The highest BCUT2D eigenvalue weighted by molar-refractivity contribution is 6.17. The number of amides is 1. The Morgan fingerprint density at radius 1 is 0.857 bits per heavy atom. The molecule has 4 rings (SSSR count). The lowest BCUT2D eigenvalue weighted by atomic mass is 9.93. The van der Waals surface area contributed by atoms with Gasteiger partial charge in [-0.25, -0.2) is 0 Å². The summed E-state index contributed by atoms with van der Waals surface area (Å²) in [7, 11) is 0. The Kier molecular flexibility index (Phi) is 4.77. The number of hydrogen-bond acceptors (Lipinski definition) is 3. The highest BCUT2D eigenvalue weighted by Gasteiger charge is 2.37. The number of hydrogen-bond donors (Lipinski definition) is 2. The molecule has 4 heteroatoms. The van der Waals surface area contributed by atoms with Gasteiger partial charge in [-0.15, -0.1) is 0 Å². The van der Waals surface area contributed by atoms with Gasteiger partial charge in [-0.05, 0) is 24.6 Å². The molecular weight excluding hydrogens is 348 g/mol. The molecule has 0 saturated carbocycles. The van der Waals surface area contributed by atoms with Gasteiger partial charge in [0.05, 0.1) is 11.6 Å². The van der Waals surface area contributed by atoms with Gasteiger partial charge in [0.1, 0.15) is 5.70 Å². The van der Waals surface area contributed by atoms with Crippen LogP contribution in [0.25, 0.3) is 0 Å². The molecule has 3 aromatic rings. The van der Waals surface area contributed by atoms with E-state index in [0.29, 0.717) is 16.8 Å². The first kappa shape index (κ1) is 17.7. The number of aryl methyl sites for hydroxylation is 1. The van der Waals surface area contributed by atoms with Crippen LogP contribution in [0.4, 0.5) is 5.69 Å². The number of nitrogens with one attached hydrogen (secondary N) is 2. The van der Waals surface area contributed by atoms with Crippen molar-refractivity contribution in [1.29, 1.82) is 0 Å². The molecular formula is C24H20N2O2. The summed E-state index contributed by atoms with van der Waals surface area (Å²) in [6.45, 7) is 2.00. The second-order valence-corrected chi connectivity index (χ2v) is 6.79. The van der Waals surface area contributed by atoms with Crippen LogP contribution in [0.5, 0.6) is 0 Å². The number of ketones is 1. The zero-order valence-corrected chi connectivity index (χ0v) is 15.5. The maximum atomic E-state index is 13.3. The predicted octanol–water partition coefficient (Wildman–Crippen LogP) is 4.42. The van der Waals surface area contributed by atoms with Crippen molar-refractivity contribution in [3.63, 3.8) is 0 Å². The Morgan fingerprint density at radius 2 is 1.46 bits per heavy atom. The van der Waals surface area contributed by atoms with E-state index in [4.69, 9.17) is 0 Å². The number of carbonyl (C=O) groups excluding carboxylic acids is 2. The molecule has 0 saturated heterocycles. The molecule has 0 bridgehead atoms. The molecule has 1 atom stereocenters. The monoisotopic (exact) mass is 368 g/mol. The third-order valence-electron chi connectivity index (χ3n) is 4.79. The lowest BCUT2D eigenvalue weighted by Crippen LogP contribution is -2.24. The highest BCUT2D eigenvalue weighted by Crippen LogP contribution is 2.33. The average molecular weight is 368 g/mol. The summed E-state index contributed by atoms with van der Waals surface area (Å²) in [6.07, 6.45) is 0. The smallest absolute Gasteiger partial charge is 0.268 e. The van der Waals surface area contributed by atoms with Gasteiger partial charge in [0, 0.05) is 11.3 Å². The van der Waals surface area contributed by atoms with Crippen molar-refractivity contribution in [1.82, 2.24) is 5.32 Å². The van der Waals surface area contributed by atoms with Crippen molar-refractivity contribution in [2.45, 2.75) is 13.0 Å². The Bertz CT molecular complexity index is 1040. The molecule has 138 valence electrons. The topological polar surface area (TPSA) is 58.2 Å². The Balaban J connectivity index is 1.81. The van der Waals surface area contributed by atoms with Crippen LogP contribution in [0, 0.1) is 6.92 Å². The molecule has 28 heavy (non-hydrogen) atoms. The predicted molar refractivity (Wildman–Crippen MR) is 110 cm³/mol. The van der Waals surface area contributed by atoms with Crippen LogP contribution in [0.3, 0.4) is 0 Å². The van der Waals surface area contributed by atoms with Crippen LogP contribution in [-0.4, -0.2) is 11.7 Å². The van der Waals surface area contributed by atoms with Crippen LogP contribution in [-0.2, 0) is 4.79 Å². The summed E-state index contributed by atoms with van der Waals surface area (Å²) < 4.78 is 0. The van der Waals surface area contributed by atoms with Crippen LogP contribution in [0.1, 0.15) is 27.5 Å². The molecule has 0 unspecified atom stereocenters. The maximum absolute atomic E-state index is 13.3. The number of carbonyl (C=O) groups is 2. The SMILES string of the molecule is Cc1ccc(NC2=C(C(=O)c3ccccc3)[C@H](c3ccccc3)NC2=O)cc1. The molecule has 1 aliphatic rings. The molecule has 4 nitrogen and oxygen atoms in total. The standard InChI is InChI=1S/C24H20N2O2/c1-16-12-14-19(15-13-16)25-22-20(23(27)18-10-6-3-7-11-18)21(26-24(22)28)17-8-4-2-5-9-17/h2-15,21,25H,1H3,(H,26,28)/t21-/m0/s1. The normalized spacial score (nSPS) is 16.0. The number of Topliss-reactive ketones (excluding diaryl/α,β-unsaturated/α-hetero) is 1. The lowest BCUT2D eigenvalue weighted by Gasteiger charge is -2.15. The fraction of sp³-hybridized carbons (Fsp3) is 0.0833. The summed E-state index contributed by atoms with van der Waals surface area (Å²) >= 11 is 0. The summed E-state index contributed by atoms with van der Waals surface area (Å²) in [4.78, 5) is 26.1. The average Bonchev–Trinajstić information content (AvgIpc) is 3.06. The molecule has 1 heterocycles. The quantitative estimate of drug-likeness (QED) is 0.656. The number of benzene rings is 3. The van der Waals surface area contributed by atoms with E-state index in [1.54, 1.807) is 12.1 Å². The fourth-order valence-corrected chi connectivity index (χ4v) is 3.33. The zero-order valence-electron chi connectivity index (χ0n) is 15.5. The van der Waals surface area contributed by atoms with Crippen molar-refractivity contribution >= 4 is 17.4 Å². The van der Waals surface area contributed by atoms with E-state index >= 15 is 0 Å². The largest absolute Gasteiger partial charge is 0.351 e. The van der Waals surface area contributed by atoms with Gasteiger partial charge in [0.15, 0.2) is 5.78 Å². The minimum atomic E-state index is -0.491. The van der Waals surface area contributed by atoms with Gasteiger partial charge in [-0.3, -0.25) is 9.59 Å². The van der Waals surface area contributed by atoms with Gasteiger partial charge in [-0.2, -0.15) is 0 Å². The molecule has 3 aromatic carbocycles. The second kappa shape index (κ2) is 7.53. The minimum absolute atomic E-state index is 0.164. The van der Waals surface area contributed by atoms with Crippen molar-refractivity contribution in [2.75, 3.05) is 5.32 Å². The first-order valence-electron chi connectivity index (χ1n) is 9.17. The molecule has 0 spiro atoms. The highest BCUT2D eigenvalue weighted by atomic mass is 16.2. The van der Waals surface area contributed by atoms with Gasteiger partial charge in [0.25, 0.3) is 5.91 Å². The second-order valence-electron chi connectivity index (χ2n) is 6.79. The van der Waals surface area contributed by atoms with Gasteiger partial charge >= 0.3 is 0 Å². The van der Waals surface area contributed by atoms with Crippen LogP contribution in [0.15, 0.2) is 96.2 Å². The third-order valence-corrected chi connectivity index (χ3v) is 4.79. The fourth-order valence-electron chi connectivity index (χ4n) is 3.33. The Morgan fingerprint density at radius 3 is 2.11 bits per heavy atom. The maximum Gasteiger partial charge on any atom is 0.268 e. The molecule has 0 aromatic heterocycles. The van der Waals surface area contributed by atoms with Crippen molar-refractivity contribution in [3.05, 3.63) is 113 Å².